The maximum Gasteiger partial charge on any atom is 0.132 e. The number of aryl methyl sites for hydroxylation is 1. The van der Waals surface area contributed by atoms with Gasteiger partial charge in [0.25, 0.3) is 0 Å². The van der Waals surface area contributed by atoms with Crippen LogP contribution in [0.25, 0.3) is 0 Å². The molecule has 0 aliphatic rings. The number of hydrogen-bond donors (Lipinski definition) is 1. The molecule has 2 nitrogen and oxygen atoms in total. The number of benzene rings is 2. The van der Waals surface area contributed by atoms with Gasteiger partial charge in [0, 0.05) is 18.2 Å². The lowest BCUT2D eigenvalue weighted by Gasteiger charge is -2.14. The molecular formula is C17H20FNO. The van der Waals surface area contributed by atoms with E-state index in [2.05, 4.69) is 19.2 Å². The van der Waals surface area contributed by atoms with Crippen molar-refractivity contribution in [1.29, 1.82) is 0 Å². The van der Waals surface area contributed by atoms with Gasteiger partial charge < -0.3 is 10.1 Å². The molecule has 20 heavy (non-hydrogen) atoms. The average molecular weight is 273 g/mol. The first-order valence-electron chi connectivity index (χ1n) is 6.81. The predicted octanol–water partition coefficient (Wildman–Crippen LogP) is 4.42. The van der Waals surface area contributed by atoms with Crippen LogP contribution >= 0.6 is 0 Å². The zero-order valence-corrected chi connectivity index (χ0v) is 12.1. The van der Waals surface area contributed by atoms with Gasteiger partial charge in [0.2, 0.25) is 0 Å². The van der Waals surface area contributed by atoms with Gasteiger partial charge in [-0.2, -0.15) is 0 Å². The van der Waals surface area contributed by atoms with Crippen molar-refractivity contribution in [3.63, 3.8) is 0 Å². The summed E-state index contributed by atoms with van der Waals surface area (Å²) >= 11 is 0. The third-order valence-electron chi connectivity index (χ3n) is 2.97. The first kappa shape index (κ1) is 14.5. The van der Waals surface area contributed by atoms with E-state index < -0.39 is 0 Å². The van der Waals surface area contributed by atoms with Crippen LogP contribution in [-0.4, -0.2) is 6.04 Å². The Hall–Kier alpha value is -1.87. The van der Waals surface area contributed by atoms with Crippen LogP contribution in [0.5, 0.6) is 11.5 Å². The highest BCUT2D eigenvalue weighted by molar-refractivity contribution is 5.38. The lowest BCUT2D eigenvalue weighted by molar-refractivity contribution is 0.466. The van der Waals surface area contributed by atoms with Crippen molar-refractivity contribution < 1.29 is 9.13 Å². The van der Waals surface area contributed by atoms with Gasteiger partial charge in [-0.25, -0.2) is 4.39 Å². The molecule has 0 aliphatic heterocycles. The highest BCUT2D eigenvalue weighted by Crippen LogP contribution is 2.26. The number of rotatable bonds is 5. The van der Waals surface area contributed by atoms with Gasteiger partial charge in [0.15, 0.2) is 0 Å². The molecule has 0 unspecified atom stereocenters. The van der Waals surface area contributed by atoms with E-state index in [0.717, 1.165) is 11.3 Å². The number of ether oxygens (including phenoxy) is 1. The van der Waals surface area contributed by atoms with Crippen LogP contribution < -0.4 is 10.1 Å². The van der Waals surface area contributed by atoms with Crippen molar-refractivity contribution in [2.75, 3.05) is 0 Å². The van der Waals surface area contributed by atoms with Gasteiger partial charge in [-0.3, -0.25) is 0 Å². The standard InChI is InChI=1S/C17H20FNO/c1-12(2)19-11-14-10-15(18)6-9-17(14)20-16-7-4-13(3)5-8-16/h4-10,12,19H,11H2,1-3H3. The molecule has 0 heterocycles. The maximum atomic E-state index is 13.4. The molecule has 0 atom stereocenters. The van der Waals surface area contributed by atoms with E-state index in [9.17, 15) is 4.39 Å². The number of halogens is 1. The van der Waals surface area contributed by atoms with E-state index in [1.165, 1.54) is 17.7 Å². The summed E-state index contributed by atoms with van der Waals surface area (Å²) in [5.41, 5.74) is 2.00. The predicted molar refractivity (Wildman–Crippen MR) is 79.6 cm³/mol. The van der Waals surface area contributed by atoms with Crippen LogP contribution in [0, 0.1) is 12.7 Å². The van der Waals surface area contributed by atoms with Gasteiger partial charge in [-0.15, -0.1) is 0 Å². The average Bonchev–Trinajstić information content (AvgIpc) is 2.41. The van der Waals surface area contributed by atoms with Crippen LogP contribution in [0.1, 0.15) is 25.0 Å². The van der Waals surface area contributed by atoms with Crippen LogP contribution in [0.15, 0.2) is 42.5 Å². The molecule has 3 heteroatoms. The summed E-state index contributed by atoms with van der Waals surface area (Å²) in [6.07, 6.45) is 0. The van der Waals surface area contributed by atoms with Gasteiger partial charge in [0.05, 0.1) is 0 Å². The van der Waals surface area contributed by atoms with Crippen molar-refractivity contribution >= 4 is 0 Å². The highest BCUT2D eigenvalue weighted by atomic mass is 19.1. The Kier molecular flexibility index (Phi) is 4.74. The smallest absolute Gasteiger partial charge is 0.132 e. The third kappa shape index (κ3) is 4.07. The second-order valence-electron chi connectivity index (χ2n) is 5.20. The first-order valence-corrected chi connectivity index (χ1v) is 6.81. The number of hydrogen-bond acceptors (Lipinski definition) is 2. The summed E-state index contributed by atoms with van der Waals surface area (Å²) in [6, 6.07) is 12.8. The molecule has 0 aromatic heterocycles. The topological polar surface area (TPSA) is 21.3 Å². The van der Waals surface area contributed by atoms with Crippen molar-refractivity contribution in [2.24, 2.45) is 0 Å². The molecular weight excluding hydrogens is 253 g/mol. The van der Waals surface area contributed by atoms with E-state index in [4.69, 9.17) is 4.74 Å². The van der Waals surface area contributed by atoms with Crippen molar-refractivity contribution in [2.45, 2.75) is 33.4 Å². The van der Waals surface area contributed by atoms with E-state index in [-0.39, 0.29) is 5.82 Å². The Morgan fingerprint density at radius 2 is 1.80 bits per heavy atom. The summed E-state index contributed by atoms with van der Waals surface area (Å²) in [5, 5.41) is 3.28. The molecule has 106 valence electrons. The van der Waals surface area contributed by atoms with Crippen molar-refractivity contribution in [1.82, 2.24) is 5.32 Å². The minimum Gasteiger partial charge on any atom is -0.457 e. The fourth-order valence-electron chi connectivity index (χ4n) is 1.83. The molecule has 2 rings (SSSR count). The molecule has 0 saturated carbocycles. The highest BCUT2D eigenvalue weighted by Gasteiger charge is 2.07. The SMILES string of the molecule is Cc1ccc(Oc2ccc(F)cc2CNC(C)C)cc1. The van der Waals surface area contributed by atoms with Crippen molar-refractivity contribution in [3.05, 3.63) is 59.4 Å². The van der Waals surface area contributed by atoms with E-state index in [1.807, 2.05) is 31.2 Å². The monoisotopic (exact) mass is 273 g/mol. The zero-order valence-electron chi connectivity index (χ0n) is 12.1. The lowest BCUT2D eigenvalue weighted by atomic mass is 10.1. The number of nitrogens with one attached hydrogen (secondary N) is 1. The first-order chi connectivity index (χ1) is 9.54. The zero-order chi connectivity index (χ0) is 14.5. The van der Waals surface area contributed by atoms with Gasteiger partial charge in [0.1, 0.15) is 17.3 Å². The molecule has 0 spiro atoms. The largest absolute Gasteiger partial charge is 0.457 e. The Balaban J connectivity index is 2.19. The molecule has 0 radical (unpaired) electrons. The lowest BCUT2D eigenvalue weighted by Crippen LogP contribution is -2.22. The summed E-state index contributed by atoms with van der Waals surface area (Å²) in [7, 11) is 0. The second kappa shape index (κ2) is 6.53. The Morgan fingerprint density at radius 3 is 2.45 bits per heavy atom. The third-order valence-corrected chi connectivity index (χ3v) is 2.97. The summed E-state index contributed by atoms with van der Waals surface area (Å²) in [5.74, 6) is 1.19. The van der Waals surface area contributed by atoms with Gasteiger partial charge >= 0.3 is 0 Å². The molecule has 0 fully saturated rings. The normalized spacial score (nSPS) is 10.8. The fourth-order valence-corrected chi connectivity index (χ4v) is 1.83. The van der Waals surface area contributed by atoms with Crippen molar-refractivity contribution in [3.8, 4) is 11.5 Å². The molecule has 0 aliphatic carbocycles. The van der Waals surface area contributed by atoms with E-state index in [1.54, 1.807) is 6.07 Å². The molecule has 0 amide bonds. The Morgan fingerprint density at radius 1 is 1.10 bits per heavy atom. The minimum absolute atomic E-state index is 0.248. The fraction of sp³-hybridized carbons (Fsp3) is 0.294. The Bertz CT molecular complexity index is 564. The summed E-state index contributed by atoms with van der Waals surface area (Å²) in [6.45, 7) is 6.72. The van der Waals surface area contributed by atoms with E-state index in [0.29, 0.717) is 18.3 Å². The Labute approximate surface area is 119 Å². The molecule has 1 N–H and O–H groups in total. The second-order valence-corrected chi connectivity index (χ2v) is 5.20. The quantitative estimate of drug-likeness (QED) is 0.870. The molecule has 0 bridgehead atoms. The molecule has 0 saturated heterocycles. The molecule has 2 aromatic rings. The van der Waals surface area contributed by atoms with Crippen LogP contribution in [0.2, 0.25) is 0 Å². The summed E-state index contributed by atoms with van der Waals surface area (Å²) in [4.78, 5) is 0. The van der Waals surface area contributed by atoms with Crippen LogP contribution in [0.4, 0.5) is 4.39 Å². The minimum atomic E-state index is -0.248. The van der Waals surface area contributed by atoms with E-state index >= 15 is 0 Å². The molecule has 2 aromatic carbocycles. The maximum absolute atomic E-state index is 13.4. The van der Waals surface area contributed by atoms with Gasteiger partial charge in [-0.05, 0) is 37.3 Å². The van der Waals surface area contributed by atoms with Crippen LogP contribution in [0.3, 0.4) is 0 Å². The summed E-state index contributed by atoms with van der Waals surface area (Å²) < 4.78 is 19.2. The van der Waals surface area contributed by atoms with Crippen LogP contribution in [-0.2, 0) is 6.54 Å². The van der Waals surface area contributed by atoms with Gasteiger partial charge in [-0.1, -0.05) is 31.5 Å².